The first-order valence-corrected chi connectivity index (χ1v) is 6.38. The molecule has 1 atom stereocenters. The van der Waals surface area contributed by atoms with Gasteiger partial charge in [-0.2, -0.15) is 10.2 Å². The zero-order valence-electron chi connectivity index (χ0n) is 11.3. The highest BCUT2D eigenvalue weighted by molar-refractivity contribution is 6.31. The first kappa shape index (κ1) is 14.0. The fourth-order valence-electron chi connectivity index (χ4n) is 2.10. The molecule has 104 valence electrons. The zero-order valence-corrected chi connectivity index (χ0v) is 12.1. The van der Waals surface area contributed by atoms with E-state index in [9.17, 15) is 0 Å². The number of aromatic nitrogens is 4. The molecule has 2 rings (SSSR count). The molecular weight excluding hydrogens is 266 g/mol. The molecule has 2 aromatic rings. The maximum absolute atomic E-state index is 6.30. The molecule has 19 heavy (non-hydrogen) atoms. The number of nitrogens with zero attached hydrogens (tertiary/aromatic N) is 4. The van der Waals surface area contributed by atoms with E-state index in [2.05, 4.69) is 10.2 Å². The predicted molar refractivity (Wildman–Crippen MR) is 73.1 cm³/mol. The number of halogens is 1. The van der Waals surface area contributed by atoms with Gasteiger partial charge in [-0.3, -0.25) is 9.36 Å². The van der Waals surface area contributed by atoms with Crippen molar-refractivity contribution >= 4 is 11.6 Å². The lowest BCUT2D eigenvalue weighted by molar-refractivity contribution is 0.182. The van der Waals surface area contributed by atoms with Gasteiger partial charge in [-0.1, -0.05) is 11.6 Å². The largest absolute Gasteiger partial charge is 0.383 e. The van der Waals surface area contributed by atoms with Gasteiger partial charge in [0.1, 0.15) is 0 Å². The third-order valence-corrected chi connectivity index (χ3v) is 3.28. The number of methoxy groups -OCH3 is 1. The summed E-state index contributed by atoms with van der Waals surface area (Å²) in [6.07, 6.45) is 1.61. The molecule has 0 saturated carbocycles. The second-order valence-corrected chi connectivity index (χ2v) is 4.81. The van der Waals surface area contributed by atoms with Crippen LogP contribution >= 0.6 is 11.6 Å². The van der Waals surface area contributed by atoms with Crippen LogP contribution in [-0.4, -0.2) is 33.3 Å². The maximum Gasteiger partial charge on any atom is 0.0909 e. The second-order valence-electron chi connectivity index (χ2n) is 4.41. The van der Waals surface area contributed by atoms with Crippen molar-refractivity contribution in [2.75, 3.05) is 13.7 Å². The lowest BCUT2D eigenvalue weighted by Crippen LogP contribution is -2.21. The Morgan fingerprint density at radius 2 is 2.26 bits per heavy atom. The van der Waals surface area contributed by atoms with Gasteiger partial charge >= 0.3 is 0 Å². The molecule has 0 saturated heterocycles. The molecule has 0 aliphatic carbocycles. The van der Waals surface area contributed by atoms with Crippen LogP contribution in [0.25, 0.3) is 0 Å². The van der Waals surface area contributed by atoms with Crippen molar-refractivity contribution in [2.24, 2.45) is 12.8 Å². The van der Waals surface area contributed by atoms with E-state index in [0.29, 0.717) is 18.2 Å². The van der Waals surface area contributed by atoms with Gasteiger partial charge in [0.05, 0.1) is 47.5 Å². The lowest BCUT2D eigenvalue weighted by atomic mass is 10.1. The van der Waals surface area contributed by atoms with Crippen LogP contribution in [0.2, 0.25) is 5.02 Å². The fraction of sp³-hybridized carbons (Fsp3) is 0.500. The Hall–Kier alpha value is -1.37. The Balaban J connectivity index is 2.35. The summed E-state index contributed by atoms with van der Waals surface area (Å²) in [5.41, 5.74) is 8.91. The molecular formula is C12H18ClN5O. The highest BCUT2D eigenvalue weighted by Crippen LogP contribution is 2.26. The third kappa shape index (κ3) is 2.80. The minimum absolute atomic E-state index is 0.363. The van der Waals surface area contributed by atoms with Crippen LogP contribution < -0.4 is 5.73 Å². The van der Waals surface area contributed by atoms with Gasteiger partial charge in [-0.25, -0.2) is 0 Å². The average Bonchev–Trinajstić information content (AvgIpc) is 2.89. The van der Waals surface area contributed by atoms with Gasteiger partial charge in [0.25, 0.3) is 0 Å². The van der Waals surface area contributed by atoms with E-state index in [0.717, 1.165) is 17.1 Å². The second kappa shape index (κ2) is 5.73. The fourth-order valence-corrected chi connectivity index (χ4v) is 2.36. The molecule has 2 aromatic heterocycles. The van der Waals surface area contributed by atoms with Gasteiger partial charge in [-0.15, -0.1) is 0 Å². The van der Waals surface area contributed by atoms with Crippen LogP contribution in [0.1, 0.15) is 23.1 Å². The summed E-state index contributed by atoms with van der Waals surface area (Å²) < 4.78 is 8.61. The highest BCUT2D eigenvalue weighted by Gasteiger charge is 2.21. The molecule has 0 radical (unpaired) electrons. The number of ether oxygens (including phenoxy) is 1. The minimum Gasteiger partial charge on any atom is -0.383 e. The van der Waals surface area contributed by atoms with E-state index in [1.165, 1.54) is 0 Å². The van der Waals surface area contributed by atoms with Gasteiger partial charge in [-0.05, 0) is 13.0 Å². The van der Waals surface area contributed by atoms with Crippen molar-refractivity contribution in [1.82, 2.24) is 19.6 Å². The molecule has 0 amide bonds. The van der Waals surface area contributed by atoms with Crippen molar-refractivity contribution in [1.29, 1.82) is 0 Å². The molecule has 0 spiro atoms. The predicted octanol–water partition coefficient (Wildman–Crippen LogP) is 1.27. The van der Waals surface area contributed by atoms with Gasteiger partial charge < -0.3 is 10.5 Å². The Bertz CT molecular complexity index is 562. The quantitative estimate of drug-likeness (QED) is 0.897. The molecule has 0 aliphatic rings. The van der Waals surface area contributed by atoms with Crippen LogP contribution in [0.3, 0.4) is 0 Å². The Morgan fingerprint density at radius 1 is 1.53 bits per heavy atom. The Labute approximate surface area is 117 Å². The van der Waals surface area contributed by atoms with E-state index in [-0.39, 0.29) is 6.04 Å². The topological polar surface area (TPSA) is 70.9 Å². The standard InChI is InChI=1S/C12H18ClN5O/c1-8-6-10(17(2)16-8)11(14)12-9(13)7-15-18(12)4-5-19-3/h6-7,11H,4-5,14H2,1-3H3. The number of hydrogen-bond acceptors (Lipinski definition) is 4. The number of aryl methyl sites for hydroxylation is 2. The molecule has 0 bridgehead atoms. The van der Waals surface area contributed by atoms with Gasteiger partial charge in [0, 0.05) is 14.2 Å². The monoisotopic (exact) mass is 283 g/mol. The SMILES string of the molecule is COCCn1ncc(Cl)c1C(N)c1cc(C)nn1C. The average molecular weight is 284 g/mol. The van der Waals surface area contributed by atoms with Crippen molar-refractivity contribution < 1.29 is 4.74 Å². The lowest BCUT2D eigenvalue weighted by Gasteiger charge is -2.15. The van der Waals surface area contributed by atoms with Crippen LogP contribution in [0.4, 0.5) is 0 Å². The van der Waals surface area contributed by atoms with Crippen molar-refractivity contribution in [3.63, 3.8) is 0 Å². The van der Waals surface area contributed by atoms with Gasteiger partial charge in [0.2, 0.25) is 0 Å². The van der Waals surface area contributed by atoms with Crippen molar-refractivity contribution in [3.05, 3.63) is 34.4 Å². The number of rotatable bonds is 5. The molecule has 2 N–H and O–H groups in total. The summed E-state index contributed by atoms with van der Waals surface area (Å²) in [5, 5.41) is 9.09. The first-order chi connectivity index (χ1) is 9.04. The number of hydrogen-bond donors (Lipinski definition) is 1. The van der Waals surface area contributed by atoms with Crippen molar-refractivity contribution in [3.8, 4) is 0 Å². The van der Waals surface area contributed by atoms with E-state index in [4.69, 9.17) is 22.1 Å². The minimum atomic E-state index is -0.363. The molecule has 0 aliphatic heterocycles. The summed E-state index contributed by atoms with van der Waals surface area (Å²) in [5.74, 6) is 0. The summed E-state index contributed by atoms with van der Waals surface area (Å²) >= 11 is 6.19. The number of nitrogens with two attached hydrogens (primary N) is 1. The molecule has 0 aromatic carbocycles. The normalized spacial score (nSPS) is 12.9. The van der Waals surface area contributed by atoms with Crippen LogP contribution in [0.15, 0.2) is 12.3 Å². The smallest absolute Gasteiger partial charge is 0.0909 e. The molecule has 6 nitrogen and oxygen atoms in total. The Kier molecular flexibility index (Phi) is 4.24. The first-order valence-electron chi connectivity index (χ1n) is 6.01. The summed E-state index contributed by atoms with van der Waals surface area (Å²) in [4.78, 5) is 0. The molecule has 1 unspecified atom stereocenters. The van der Waals surface area contributed by atoms with Crippen LogP contribution in [-0.2, 0) is 18.3 Å². The maximum atomic E-state index is 6.30. The highest BCUT2D eigenvalue weighted by atomic mass is 35.5. The molecule has 2 heterocycles. The van der Waals surface area contributed by atoms with E-state index in [1.807, 2.05) is 20.0 Å². The van der Waals surface area contributed by atoms with E-state index >= 15 is 0 Å². The van der Waals surface area contributed by atoms with E-state index < -0.39 is 0 Å². The summed E-state index contributed by atoms with van der Waals surface area (Å²) in [6, 6.07) is 1.59. The summed E-state index contributed by atoms with van der Waals surface area (Å²) in [6.45, 7) is 3.10. The summed E-state index contributed by atoms with van der Waals surface area (Å²) in [7, 11) is 3.52. The van der Waals surface area contributed by atoms with Crippen LogP contribution in [0.5, 0.6) is 0 Å². The van der Waals surface area contributed by atoms with Crippen molar-refractivity contribution in [2.45, 2.75) is 19.5 Å². The van der Waals surface area contributed by atoms with Gasteiger partial charge in [0.15, 0.2) is 0 Å². The Morgan fingerprint density at radius 3 is 2.84 bits per heavy atom. The zero-order chi connectivity index (χ0) is 14.0. The third-order valence-electron chi connectivity index (χ3n) is 2.99. The van der Waals surface area contributed by atoms with Crippen LogP contribution in [0, 0.1) is 6.92 Å². The molecule has 0 fully saturated rings. The van der Waals surface area contributed by atoms with E-state index in [1.54, 1.807) is 22.7 Å². The molecule has 7 heteroatoms.